The van der Waals surface area contributed by atoms with E-state index in [1.807, 2.05) is 30.3 Å². The van der Waals surface area contributed by atoms with Crippen molar-refractivity contribution in [3.63, 3.8) is 0 Å². The van der Waals surface area contributed by atoms with Crippen molar-refractivity contribution in [2.24, 2.45) is 10.2 Å². The molecule has 0 unspecified atom stereocenters. The molecule has 0 spiro atoms. The number of aliphatic carboxylic acids is 1. The number of rotatable bonds is 4. The van der Waals surface area contributed by atoms with Gasteiger partial charge in [0, 0.05) is 12.6 Å². The van der Waals surface area contributed by atoms with Crippen LogP contribution in [0.15, 0.2) is 46.7 Å². The highest BCUT2D eigenvalue weighted by Crippen LogP contribution is 2.29. The lowest BCUT2D eigenvalue weighted by Gasteiger charge is -1.97. The largest absolute Gasteiger partial charge is 0.481 e. The zero-order valence-corrected chi connectivity index (χ0v) is 12.5. The molecule has 1 aliphatic heterocycles. The lowest BCUT2D eigenvalue weighted by molar-refractivity contribution is -0.133. The highest BCUT2D eigenvalue weighted by Gasteiger charge is 2.18. The van der Waals surface area contributed by atoms with Gasteiger partial charge in [-0.1, -0.05) is 17.8 Å². The number of thiophene rings is 1. The normalized spacial score (nSPS) is 13.9. The van der Waals surface area contributed by atoms with Crippen LogP contribution < -0.4 is 0 Å². The van der Waals surface area contributed by atoms with Crippen LogP contribution in [0.4, 0.5) is 0 Å². The van der Waals surface area contributed by atoms with E-state index in [1.54, 1.807) is 17.5 Å². The first-order valence-corrected chi connectivity index (χ1v) is 8.02. The van der Waals surface area contributed by atoms with Gasteiger partial charge in [-0.15, -0.1) is 16.4 Å². The number of aromatic nitrogens is 1. The lowest BCUT2D eigenvalue weighted by Crippen LogP contribution is -2.04. The minimum atomic E-state index is -0.843. The second-order valence-corrected chi connectivity index (χ2v) is 6.41. The fraction of sp³-hybridized carbons (Fsp3) is 0.143. The summed E-state index contributed by atoms with van der Waals surface area (Å²) in [7, 11) is 0. The van der Waals surface area contributed by atoms with Crippen LogP contribution in [-0.2, 0) is 4.79 Å². The Morgan fingerprint density at radius 1 is 1.24 bits per heavy atom. The number of pyridine rings is 1. The minimum absolute atomic E-state index is 0.0191. The average molecular weight is 317 g/mol. The Bertz CT molecular complexity index is 723. The molecule has 0 saturated heterocycles. The number of carbonyl (C=O) groups is 1. The van der Waals surface area contributed by atoms with E-state index in [0.717, 1.165) is 26.2 Å². The van der Waals surface area contributed by atoms with Gasteiger partial charge in [-0.25, -0.2) is 0 Å². The van der Waals surface area contributed by atoms with Gasteiger partial charge in [0.05, 0.1) is 26.9 Å². The van der Waals surface area contributed by atoms with Crippen LogP contribution in [0.25, 0.3) is 10.6 Å². The molecule has 106 valence electrons. The third-order valence-electron chi connectivity index (χ3n) is 2.77. The van der Waals surface area contributed by atoms with Crippen LogP contribution in [0.2, 0.25) is 0 Å². The van der Waals surface area contributed by atoms with E-state index in [0.29, 0.717) is 6.42 Å². The average Bonchev–Trinajstić information content (AvgIpc) is 3.15. The summed E-state index contributed by atoms with van der Waals surface area (Å²) in [5, 5.41) is 17.6. The molecule has 0 amide bonds. The van der Waals surface area contributed by atoms with E-state index in [4.69, 9.17) is 5.11 Å². The summed E-state index contributed by atoms with van der Waals surface area (Å²) in [5.41, 5.74) is 1.82. The molecule has 0 saturated carbocycles. The molecule has 0 fully saturated rings. The van der Waals surface area contributed by atoms with Crippen LogP contribution >= 0.6 is 23.1 Å². The summed E-state index contributed by atoms with van der Waals surface area (Å²) in [6.07, 6.45) is 2.37. The predicted molar refractivity (Wildman–Crippen MR) is 86.2 cm³/mol. The van der Waals surface area contributed by atoms with Crippen molar-refractivity contribution in [2.45, 2.75) is 6.42 Å². The van der Waals surface area contributed by atoms with E-state index in [9.17, 15) is 4.79 Å². The first kappa shape index (κ1) is 14.0. The molecule has 21 heavy (non-hydrogen) atoms. The van der Waals surface area contributed by atoms with Crippen LogP contribution in [0.1, 0.15) is 11.3 Å². The molecule has 5 nitrogen and oxygen atoms in total. The number of hydrogen-bond donors (Lipinski definition) is 1. The van der Waals surface area contributed by atoms with Crippen LogP contribution in [0.5, 0.6) is 0 Å². The smallest absolute Gasteiger partial charge is 0.313 e. The Balaban J connectivity index is 1.68. The fourth-order valence-electron chi connectivity index (χ4n) is 1.83. The molecular weight excluding hydrogens is 306 g/mol. The van der Waals surface area contributed by atoms with Crippen LogP contribution in [-0.4, -0.2) is 32.6 Å². The molecular formula is C14H11N3O2S2. The van der Waals surface area contributed by atoms with Gasteiger partial charge >= 0.3 is 5.97 Å². The second-order valence-electron chi connectivity index (χ2n) is 4.28. The highest BCUT2D eigenvalue weighted by atomic mass is 32.2. The maximum absolute atomic E-state index is 10.5. The summed E-state index contributed by atoms with van der Waals surface area (Å²) in [6, 6.07) is 9.84. The number of carboxylic acid groups (broad SMARTS) is 1. The van der Waals surface area contributed by atoms with Crippen molar-refractivity contribution in [3.05, 3.63) is 41.4 Å². The summed E-state index contributed by atoms with van der Waals surface area (Å²) < 4.78 is 0. The van der Waals surface area contributed by atoms with Crippen molar-refractivity contribution >= 4 is 39.8 Å². The number of nitrogens with zero attached hydrogens (tertiary/aromatic N) is 3. The van der Waals surface area contributed by atoms with Crippen LogP contribution in [0, 0.1) is 0 Å². The standard InChI is InChI=1S/C14H11N3O2S2/c18-14(19)8-20-13-7-10(16-17-13)12-5-4-11(21-12)9-3-1-2-6-15-9/h1-6H,7-8H2,(H,18,19). The zero-order chi connectivity index (χ0) is 14.7. The van der Waals surface area contributed by atoms with Crippen molar-refractivity contribution < 1.29 is 9.90 Å². The minimum Gasteiger partial charge on any atom is -0.481 e. The van der Waals surface area contributed by atoms with Gasteiger partial charge < -0.3 is 5.11 Å². The summed E-state index contributed by atoms with van der Waals surface area (Å²) in [6.45, 7) is 0. The maximum atomic E-state index is 10.5. The molecule has 3 heterocycles. The SMILES string of the molecule is O=C(O)CSC1=NN=C(c2ccc(-c3ccccn3)s2)C1. The monoisotopic (exact) mass is 317 g/mol. The first-order chi connectivity index (χ1) is 10.2. The van der Waals surface area contributed by atoms with Crippen molar-refractivity contribution in [1.82, 2.24) is 4.98 Å². The van der Waals surface area contributed by atoms with Gasteiger partial charge in [0.15, 0.2) is 0 Å². The van der Waals surface area contributed by atoms with E-state index in [2.05, 4.69) is 15.2 Å². The van der Waals surface area contributed by atoms with Crippen molar-refractivity contribution in [1.29, 1.82) is 0 Å². The van der Waals surface area contributed by atoms with Crippen molar-refractivity contribution in [3.8, 4) is 10.6 Å². The first-order valence-electron chi connectivity index (χ1n) is 6.22. The fourth-order valence-corrected chi connectivity index (χ4v) is 3.42. The zero-order valence-electron chi connectivity index (χ0n) is 10.9. The Morgan fingerprint density at radius 3 is 2.86 bits per heavy atom. The quantitative estimate of drug-likeness (QED) is 0.940. The van der Waals surface area contributed by atoms with E-state index >= 15 is 0 Å². The molecule has 2 aromatic heterocycles. The molecule has 0 radical (unpaired) electrons. The summed E-state index contributed by atoms with van der Waals surface area (Å²) >= 11 is 2.84. The molecule has 1 aliphatic rings. The third-order valence-corrected chi connectivity index (χ3v) is 4.88. The molecule has 3 rings (SSSR count). The van der Waals surface area contributed by atoms with E-state index < -0.39 is 5.97 Å². The Labute approximate surface area is 129 Å². The van der Waals surface area contributed by atoms with Gasteiger partial charge in [0.2, 0.25) is 0 Å². The Hall–Kier alpha value is -1.99. The predicted octanol–water partition coefficient (Wildman–Crippen LogP) is 3.13. The number of hydrogen-bond acceptors (Lipinski definition) is 6. The maximum Gasteiger partial charge on any atom is 0.313 e. The van der Waals surface area contributed by atoms with Gasteiger partial charge in [-0.2, -0.15) is 5.10 Å². The van der Waals surface area contributed by atoms with E-state index in [-0.39, 0.29) is 5.75 Å². The molecule has 0 bridgehead atoms. The molecule has 2 aromatic rings. The van der Waals surface area contributed by atoms with Crippen LogP contribution in [0.3, 0.4) is 0 Å². The second kappa shape index (κ2) is 6.19. The Morgan fingerprint density at radius 2 is 2.10 bits per heavy atom. The Kier molecular flexibility index (Phi) is 4.12. The van der Waals surface area contributed by atoms with Gasteiger partial charge in [0.25, 0.3) is 0 Å². The van der Waals surface area contributed by atoms with Gasteiger partial charge in [0.1, 0.15) is 5.04 Å². The molecule has 0 atom stereocenters. The summed E-state index contributed by atoms with van der Waals surface area (Å²) in [4.78, 5) is 17.0. The third kappa shape index (κ3) is 3.37. The number of carboxylic acids is 1. The van der Waals surface area contributed by atoms with Gasteiger partial charge in [-0.3, -0.25) is 9.78 Å². The van der Waals surface area contributed by atoms with E-state index in [1.165, 1.54) is 11.8 Å². The molecule has 7 heteroatoms. The van der Waals surface area contributed by atoms with Gasteiger partial charge in [-0.05, 0) is 24.3 Å². The topological polar surface area (TPSA) is 74.9 Å². The number of thioether (sulfide) groups is 1. The molecule has 0 aromatic carbocycles. The molecule has 1 N–H and O–H groups in total. The highest BCUT2D eigenvalue weighted by molar-refractivity contribution is 8.14. The molecule has 0 aliphatic carbocycles. The summed E-state index contributed by atoms with van der Waals surface area (Å²) in [5.74, 6) is -0.824. The van der Waals surface area contributed by atoms with Crippen molar-refractivity contribution in [2.75, 3.05) is 5.75 Å². The lowest BCUT2D eigenvalue weighted by atomic mass is 10.2.